The highest BCUT2D eigenvalue weighted by Gasteiger charge is 2.48. The minimum absolute atomic E-state index is 0.0183. The molecule has 0 radical (unpaired) electrons. The van der Waals surface area contributed by atoms with E-state index in [-0.39, 0.29) is 44.5 Å². The van der Waals surface area contributed by atoms with Crippen molar-refractivity contribution in [3.8, 4) is 50.6 Å². The van der Waals surface area contributed by atoms with Gasteiger partial charge in [0.1, 0.15) is 40.4 Å². The van der Waals surface area contributed by atoms with E-state index in [9.17, 15) is 42.9 Å². The maximum atomic E-state index is 14.6. The molecule has 14 heteroatoms. The summed E-state index contributed by atoms with van der Waals surface area (Å²) in [5.41, 5.74) is 1.14. The van der Waals surface area contributed by atoms with Gasteiger partial charge in [0.05, 0.1) is 22.4 Å². The maximum Gasteiger partial charge on any atom is 0.270 e. The number of carbonyl (C=O) groups is 2. The molecular formula is C52H30F4N4O4S2. The first-order chi connectivity index (χ1) is 31.9. The van der Waals surface area contributed by atoms with Gasteiger partial charge in [-0.3, -0.25) is 9.59 Å². The summed E-state index contributed by atoms with van der Waals surface area (Å²) in [5, 5.41) is 29.7. The lowest BCUT2D eigenvalue weighted by Crippen LogP contribution is -2.40. The second kappa shape index (κ2) is 15.1. The number of ketones is 2. The molecule has 11 rings (SSSR count). The molecule has 322 valence electrons. The molecule has 0 atom stereocenters. The second-order valence-corrected chi connectivity index (χ2v) is 19.4. The number of allylic oxidation sites excluding steroid dienone is 6. The van der Waals surface area contributed by atoms with Gasteiger partial charge >= 0.3 is 0 Å². The molecule has 0 bridgehead atoms. The first-order valence-electron chi connectivity index (χ1n) is 21.4. The average Bonchev–Trinajstić information content (AvgIpc) is 4.05. The van der Waals surface area contributed by atoms with Gasteiger partial charge in [-0.2, -0.15) is 10.5 Å². The van der Waals surface area contributed by atoms with Crippen LogP contribution in [0.5, 0.6) is 11.5 Å². The van der Waals surface area contributed by atoms with Gasteiger partial charge in [0, 0.05) is 65.4 Å². The molecule has 0 saturated heterocycles. The molecule has 0 N–H and O–H groups in total. The molecule has 2 fully saturated rings. The third kappa shape index (κ3) is 6.02. The van der Waals surface area contributed by atoms with E-state index in [1.807, 2.05) is 30.3 Å². The number of nitriles is 3. The van der Waals surface area contributed by atoms with Crippen molar-refractivity contribution < 1.29 is 36.6 Å². The third-order valence-corrected chi connectivity index (χ3v) is 15.9. The van der Waals surface area contributed by atoms with Crippen molar-refractivity contribution in [1.82, 2.24) is 0 Å². The van der Waals surface area contributed by atoms with Crippen molar-refractivity contribution in [2.75, 3.05) is 0 Å². The average molecular weight is 915 g/mol. The number of ether oxygens (including phenoxy) is 2. The van der Waals surface area contributed by atoms with E-state index in [0.717, 1.165) is 120 Å². The smallest absolute Gasteiger partial charge is 0.270 e. The SMILES string of the molecule is [C-]#[N+]/C(C#N)=C1\C(=C\c2cc3c(s2)-c2cc4c(cc2C2(CCCCC2)O3)-c2sc(/C=C3\C(=O)c5cc(F)c(F)cc5C3=C(C#N)C#N)cc2OC42CCCCC2)C(=O)c2cc(F)c(F)cc21. The highest BCUT2D eigenvalue weighted by molar-refractivity contribution is 7.17. The zero-order chi connectivity index (χ0) is 45.8. The van der Waals surface area contributed by atoms with Crippen LogP contribution in [-0.2, 0) is 11.2 Å². The summed E-state index contributed by atoms with van der Waals surface area (Å²) >= 11 is 2.73. The summed E-state index contributed by atoms with van der Waals surface area (Å²) in [6.07, 6.45) is 11.7. The van der Waals surface area contributed by atoms with Crippen molar-refractivity contribution in [2.24, 2.45) is 0 Å². The molecule has 4 heterocycles. The monoisotopic (exact) mass is 914 g/mol. The van der Waals surface area contributed by atoms with Crippen LogP contribution in [0.2, 0.25) is 0 Å². The van der Waals surface area contributed by atoms with Gasteiger partial charge in [-0.1, -0.05) is 12.8 Å². The third-order valence-electron chi connectivity index (χ3n) is 13.7. The fraction of sp³-hybridized carbons (Fsp3) is 0.231. The zero-order valence-corrected chi connectivity index (χ0v) is 36.2. The molecule has 2 aliphatic heterocycles. The molecule has 2 spiro atoms. The topological polar surface area (TPSA) is 128 Å². The van der Waals surface area contributed by atoms with Crippen molar-refractivity contribution in [3.63, 3.8) is 0 Å². The van der Waals surface area contributed by atoms with Gasteiger partial charge in [0.15, 0.2) is 34.8 Å². The summed E-state index contributed by atoms with van der Waals surface area (Å²) in [4.78, 5) is 33.8. The fourth-order valence-electron chi connectivity index (χ4n) is 10.8. The summed E-state index contributed by atoms with van der Waals surface area (Å²) in [6, 6.07) is 16.8. The van der Waals surface area contributed by atoms with Crippen LogP contribution in [0.3, 0.4) is 0 Å². The number of thiophene rings is 2. The highest BCUT2D eigenvalue weighted by atomic mass is 32.1. The number of fused-ring (bicyclic) bond motifs is 10. The van der Waals surface area contributed by atoms with Crippen LogP contribution in [0.15, 0.2) is 70.9 Å². The highest BCUT2D eigenvalue weighted by Crippen LogP contribution is 2.61. The fourth-order valence-corrected chi connectivity index (χ4v) is 12.9. The van der Waals surface area contributed by atoms with E-state index < -0.39 is 57.3 Å². The molecule has 2 aromatic heterocycles. The molecule has 3 aromatic carbocycles. The molecule has 66 heavy (non-hydrogen) atoms. The molecule has 4 aliphatic carbocycles. The Morgan fingerprint density at radius 2 is 0.985 bits per heavy atom. The van der Waals surface area contributed by atoms with Gasteiger partial charge in [0.2, 0.25) is 0 Å². The lowest BCUT2D eigenvalue weighted by atomic mass is 9.71. The molecule has 2 saturated carbocycles. The summed E-state index contributed by atoms with van der Waals surface area (Å²) in [6.45, 7) is 7.68. The molecule has 0 unspecified atom stereocenters. The normalized spacial score (nSPS) is 19.9. The predicted molar refractivity (Wildman–Crippen MR) is 238 cm³/mol. The van der Waals surface area contributed by atoms with Gasteiger partial charge < -0.3 is 9.47 Å². The molecule has 0 amide bonds. The number of nitrogens with zero attached hydrogens (tertiary/aromatic N) is 4. The molecule has 5 aromatic rings. The summed E-state index contributed by atoms with van der Waals surface area (Å²) < 4.78 is 72.2. The van der Waals surface area contributed by atoms with Crippen LogP contribution < -0.4 is 9.47 Å². The van der Waals surface area contributed by atoms with Crippen LogP contribution in [0.1, 0.15) is 117 Å². The van der Waals surface area contributed by atoms with Crippen LogP contribution in [0, 0.1) is 63.8 Å². The first-order valence-corrected chi connectivity index (χ1v) is 23.0. The van der Waals surface area contributed by atoms with E-state index in [1.165, 1.54) is 22.7 Å². The Hall–Kier alpha value is -7.36. The van der Waals surface area contributed by atoms with E-state index >= 15 is 0 Å². The van der Waals surface area contributed by atoms with E-state index in [4.69, 9.17) is 16.0 Å². The number of carbonyl (C=O) groups excluding carboxylic acids is 2. The molecular weight excluding hydrogens is 885 g/mol. The lowest BCUT2D eigenvalue weighted by molar-refractivity contribution is 0.0205. The van der Waals surface area contributed by atoms with Gasteiger partial charge in [-0.25, -0.2) is 27.7 Å². The Balaban J connectivity index is 1.08. The Morgan fingerprint density at radius 3 is 1.39 bits per heavy atom. The first kappa shape index (κ1) is 41.4. The minimum Gasteiger partial charge on any atom is -0.481 e. The largest absolute Gasteiger partial charge is 0.481 e. The van der Waals surface area contributed by atoms with Gasteiger partial charge in [-0.05, 0) is 123 Å². The van der Waals surface area contributed by atoms with Crippen molar-refractivity contribution >= 4 is 57.5 Å². The van der Waals surface area contributed by atoms with Crippen molar-refractivity contribution in [1.29, 1.82) is 15.8 Å². The Labute approximate surface area is 383 Å². The lowest BCUT2D eigenvalue weighted by Gasteiger charge is -2.45. The Morgan fingerprint density at radius 1 is 0.576 bits per heavy atom. The Kier molecular flexibility index (Phi) is 9.46. The summed E-state index contributed by atoms with van der Waals surface area (Å²) in [7, 11) is 0. The minimum atomic E-state index is -1.22. The van der Waals surface area contributed by atoms with E-state index in [1.54, 1.807) is 12.2 Å². The number of hydrogen-bond acceptors (Lipinski definition) is 9. The number of benzene rings is 3. The van der Waals surface area contributed by atoms with Gasteiger partial charge in [-0.15, -0.1) is 22.7 Å². The van der Waals surface area contributed by atoms with E-state index in [2.05, 4.69) is 17.0 Å². The van der Waals surface area contributed by atoms with Crippen molar-refractivity contribution in [2.45, 2.75) is 75.4 Å². The van der Waals surface area contributed by atoms with Crippen LogP contribution in [0.25, 0.3) is 49.0 Å². The van der Waals surface area contributed by atoms with Crippen molar-refractivity contribution in [3.05, 3.63) is 149 Å². The second-order valence-electron chi connectivity index (χ2n) is 17.3. The Bertz CT molecular complexity index is 3160. The van der Waals surface area contributed by atoms with Crippen LogP contribution in [-0.4, -0.2) is 11.6 Å². The number of hydrogen-bond donors (Lipinski definition) is 0. The zero-order valence-electron chi connectivity index (χ0n) is 34.6. The number of Topliss-reactive ketones (excluding diaryl/α,β-unsaturated/α-hetero) is 2. The quantitative estimate of drug-likeness (QED) is 0.0746. The van der Waals surface area contributed by atoms with Gasteiger partial charge in [0.25, 0.3) is 5.70 Å². The van der Waals surface area contributed by atoms with Crippen LogP contribution >= 0.6 is 22.7 Å². The van der Waals surface area contributed by atoms with Crippen LogP contribution in [0.4, 0.5) is 17.6 Å². The molecule has 6 aliphatic rings. The predicted octanol–water partition coefficient (Wildman–Crippen LogP) is 13.3. The summed E-state index contributed by atoms with van der Waals surface area (Å²) in [5.74, 6) is -4.91. The maximum absolute atomic E-state index is 14.6. The number of halogens is 4. The van der Waals surface area contributed by atoms with E-state index in [0.29, 0.717) is 21.3 Å². The molecule has 8 nitrogen and oxygen atoms in total. The standard InChI is InChI=1S/C52H30F4N4O4S2/c1-60-42(24-59)46-29-19-39(54)41(56)21-31(29)48(62)35(46)13-27-15-44-50(66-27)33-17-36-32(16-37(33)52(64-44)10-6-3-7-11-52)49-43(63-51(36)8-4-2-5-9-51)14-26(65-49)12-34-45(25(22-57)23-58)28-18-38(53)40(55)20-30(28)47(34)61/h12-21H,2-11H2/b34-12-,35-13-,46-42-. The number of rotatable bonds is 2.